The van der Waals surface area contributed by atoms with Crippen LogP contribution in [0.1, 0.15) is 45.9 Å². The van der Waals surface area contributed by atoms with Crippen molar-refractivity contribution in [2.24, 2.45) is 13.0 Å². The third-order valence-electron chi connectivity index (χ3n) is 5.24. The van der Waals surface area contributed by atoms with Crippen molar-refractivity contribution in [1.29, 1.82) is 0 Å². The number of carbonyl (C=O) groups excluding carboxylic acids is 1. The van der Waals surface area contributed by atoms with Gasteiger partial charge in [-0.25, -0.2) is 9.97 Å². The Hall–Kier alpha value is -2.18. The number of hydrogen-bond donors (Lipinski definition) is 0. The number of nitrogens with zero attached hydrogens (tertiary/aromatic N) is 6. The minimum absolute atomic E-state index is 0.0416. The van der Waals surface area contributed by atoms with Crippen LogP contribution in [-0.2, 0) is 18.3 Å². The van der Waals surface area contributed by atoms with E-state index in [9.17, 15) is 4.79 Å². The van der Waals surface area contributed by atoms with E-state index in [1.54, 1.807) is 0 Å². The first kappa shape index (κ1) is 18.6. The van der Waals surface area contributed by atoms with E-state index in [1.165, 1.54) is 0 Å². The van der Waals surface area contributed by atoms with Crippen molar-refractivity contribution in [2.75, 3.05) is 31.1 Å². The molecular weight excluding hydrogens is 328 g/mol. The lowest BCUT2D eigenvalue weighted by Gasteiger charge is -2.35. The molecule has 1 fully saturated rings. The summed E-state index contributed by atoms with van der Waals surface area (Å²) >= 11 is 0. The number of anilines is 1. The molecule has 0 spiro atoms. The highest BCUT2D eigenvalue weighted by atomic mass is 16.2. The number of rotatable bonds is 6. The molecule has 1 atom stereocenters. The maximum absolute atomic E-state index is 12.8. The van der Waals surface area contributed by atoms with Crippen molar-refractivity contribution in [1.82, 2.24) is 24.6 Å². The van der Waals surface area contributed by atoms with Crippen LogP contribution in [0.2, 0.25) is 0 Å². The number of fused-ring (bicyclic) bond motifs is 1. The second-order valence-corrected chi connectivity index (χ2v) is 7.01. The number of amides is 1. The summed E-state index contributed by atoms with van der Waals surface area (Å²) in [6.45, 7) is 9.41. The van der Waals surface area contributed by atoms with Crippen LogP contribution in [0, 0.1) is 5.92 Å². The van der Waals surface area contributed by atoms with Crippen molar-refractivity contribution in [3.05, 3.63) is 12.0 Å². The minimum atomic E-state index is 0.0416. The number of aromatic nitrogens is 4. The van der Waals surface area contributed by atoms with Crippen LogP contribution in [-0.4, -0.2) is 56.7 Å². The van der Waals surface area contributed by atoms with Gasteiger partial charge in [-0.1, -0.05) is 6.92 Å². The van der Waals surface area contributed by atoms with Gasteiger partial charge in [-0.05, 0) is 33.1 Å². The Balaban J connectivity index is 1.91. The van der Waals surface area contributed by atoms with Gasteiger partial charge >= 0.3 is 0 Å². The van der Waals surface area contributed by atoms with Crippen LogP contribution in [0.5, 0.6) is 0 Å². The Morgan fingerprint density at radius 3 is 2.73 bits per heavy atom. The van der Waals surface area contributed by atoms with E-state index in [0.717, 1.165) is 74.5 Å². The molecule has 0 aliphatic carbocycles. The molecule has 1 aliphatic rings. The van der Waals surface area contributed by atoms with Crippen molar-refractivity contribution in [2.45, 2.75) is 46.5 Å². The molecule has 0 bridgehead atoms. The van der Waals surface area contributed by atoms with Gasteiger partial charge < -0.3 is 9.80 Å². The second kappa shape index (κ2) is 8.01. The fraction of sp³-hybridized carbons (Fsp3) is 0.684. The van der Waals surface area contributed by atoms with Gasteiger partial charge in [-0.3, -0.25) is 9.48 Å². The Kier molecular flexibility index (Phi) is 5.74. The molecular formula is C19H30N6O. The Morgan fingerprint density at radius 2 is 2.04 bits per heavy atom. The van der Waals surface area contributed by atoms with Gasteiger partial charge in [-0.2, -0.15) is 5.10 Å². The molecule has 1 saturated heterocycles. The first-order chi connectivity index (χ1) is 12.6. The van der Waals surface area contributed by atoms with Crippen LogP contribution in [0.15, 0.2) is 6.20 Å². The van der Waals surface area contributed by atoms with Gasteiger partial charge in [0.1, 0.15) is 11.6 Å². The summed E-state index contributed by atoms with van der Waals surface area (Å²) in [6.07, 6.45) is 5.66. The van der Waals surface area contributed by atoms with E-state index in [0.29, 0.717) is 0 Å². The first-order valence-electron chi connectivity index (χ1n) is 9.81. The lowest BCUT2D eigenvalue weighted by Crippen LogP contribution is -2.45. The van der Waals surface area contributed by atoms with Gasteiger partial charge in [0.2, 0.25) is 5.91 Å². The van der Waals surface area contributed by atoms with E-state index in [2.05, 4.69) is 21.9 Å². The largest absolute Gasteiger partial charge is 0.355 e. The SMILES string of the molecule is CCCc1nc(N2CCCC(C(=O)N(CC)CC)C2)c2cnn(C)c2n1. The van der Waals surface area contributed by atoms with E-state index >= 15 is 0 Å². The predicted molar refractivity (Wildman–Crippen MR) is 103 cm³/mol. The van der Waals surface area contributed by atoms with Gasteiger partial charge in [0, 0.05) is 39.6 Å². The van der Waals surface area contributed by atoms with E-state index in [4.69, 9.17) is 4.98 Å². The zero-order valence-corrected chi connectivity index (χ0v) is 16.4. The van der Waals surface area contributed by atoms with E-state index < -0.39 is 0 Å². The summed E-state index contributed by atoms with van der Waals surface area (Å²) in [7, 11) is 1.91. The zero-order valence-electron chi connectivity index (χ0n) is 16.4. The minimum Gasteiger partial charge on any atom is -0.355 e. The average Bonchev–Trinajstić information content (AvgIpc) is 3.03. The molecule has 26 heavy (non-hydrogen) atoms. The second-order valence-electron chi connectivity index (χ2n) is 7.01. The van der Waals surface area contributed by atoms with Gasteiger partial charge in [-0.15, -0.1) is 0 Å². The fourth-order valence-electron chi connectivity index (χ4n) is 3.79. The first-order valence-corrected chi connectivity index (χ1v) is 9.81. The fourth-order valence-corrected chi connectivity index (χ4v) is 3.79. The van der Waals surface area contributed by atoms with Gasteiger partial charge in [0.15, 0.2) is 5.65 Å². The van der Waals surface area contributed by atoms with E-state index in [1.807, 2.05) is 36.7 Å². The van der Waals surface area contributed by atoms with Crippen LogP contribution in [0.4, 0.5) is 5.82 Å². The van der Waals surface area contributed by atoms with Gasteiger partial charge in [0.05, 0.1) is 17.5 Å². The van der Waals surface area contributed by atoms with Crippen molar-refractivity contribution >= 4 is 22.8 Å². The molecule has 2 aromatic heterocycles. The number of piperidine rings is 1. The third-order valence-corrected chi connectivity index (χ3v) is 5.24. The molecule has 7 heteroatoms. The van der Waals surface area contributed by atoms with Crippen molar-refractivity contribution in [3.8, 4) is 0 Å². The predicted octanol–water partition coefficient (Wildman–Crippen LogP) is 2.40. The maximum atomic E-state index is 12.8. The number of aryl methyl sites for hydroxylation is 2. The molecule has 0 radical (unpaired) electrons. The molecule has 1 amide bonds. The summed E-state index contributed by atoms with van der Waals surface area (Å²) in [5, 5.41) is 5.35. The molecule has 142 valence electrons. The normalized spacial score (nSPS) is 17.7. The third kappa shape index (κ3) is 3.52. The quantitative estimate of drug-likeness (QED) is 0.793. The molecule has 1 aliphatic heterocycles. The lowest BCUT2D eigenvalue weighted by atomic mass is 9.96. The molecule has 2 aromatic rings. The highest BCUT2D eigenvalue weighted by Crippen LogP contribution is 2.29. The molecule has 7 nitrogen and oxygen atoms in total. The summed E-state index contributed by atoms with van der Waals surface area (Å²) < 4.78 is 1.81. The Morgan fingerprint density at radius 1 is 1.27 bits per heavy atom. The standard InChI is InChI=1S/C19H30N6O/c1-5-9-16-21-17-15(12-20-23(17)4)18(22-16)25-11-8-10-14(13-25)19(26)24(6-2)7-3/h12,14H,5-11,13H2,1-4H3. The molecule has 0 aromatic carbocycles. The summed E-state index contributed by atoms with van der Waals surface area (Å²) in [5.74, 6) is 2.10. The highest BCUT2D eigenvalue weighted by Gasteiger charge is 2.30. The monoisotopic (exact) mass is 358 g/mol. The summed E-state index contributed by atoms with van der Waals surface area (Å²) in [6, 6.07) is 0. The molecule has 3 heterocycles. The smallest absolute Gasteiger partial charge is 0.227 e. The number of carbonyl (C=O) groups is 1. The lowest BCUT2D eigenvalue weighted by molar-refractivity contribution is -0.135. The van der Waals surface area contributed by atoms with Crippen LogP contribution >= 0.6 is 0 Å². The molecule has 1 unspecified atom stereocenters. The summed E-state index contributed by atoms with van der Waals surface area (Å²) in [5.41, 5.74) is 0.871. The van der Waals surface area contributed by atoms with Crippen LogP contribution in [0.3, 0.4) is 0 Å². The topological polar surface area (TPSA) is 67.2 Å². The molecule has 0 N–H and O–H groups in total. The zero-order chi connectivity index (χ0) is 18.7. The van der Waals surface area contributed by atoms with Crippen LogP contribution in [0.25, 0.3) is 11.0 Å². The molecule has 3 rings (SSSR count). The summed E-state index contributed by atoms with van der Waals surface area (Å²) in [4.78, 5) is 26.5. The Bertz CT molecular complexity index is 767. The van der Waals surface area contributed by atoms with Gasteiger partial charge in [0.25, 0.3) is 0 Å². The van der Waals surface area contributed by atoms with Crippen molar-refractivity contribution in [3.63, 3.8) is 0 Å². The average molecular weight is 358 g/mol. The van der Waals surface area contributed by atoms with Crippen LogP contribution < -0.4 is 4.90 Å². The number of hydrogen-bond acceptors (Lipinski definition) is 5. The maximum Gasteiger partial charge on any atom is 0.227 e. The highest BCUT2D eigenvalue weighted by molar-refractivity contribution is 5.87. The molecule has 0 saturated carbocycles. The van der Waals surface area contributed by atoms with E-state index in [-0.39, 0.29) is 11.8 Å². The Labute approximate surface area is 155 Å². The van der Waals surface area contributed by atoms with Crippen molar-refractivity contribution < 1.29 is 4.79 Å².